The summed E-state index contributed by atoms with van der Waals surface area (Å²) in [5, 5.41) is 8.69. The van der Waals surface area contributed by atoms with E-state index in [2.05, 4.69) is 33.0 Å². The van der Waals surface area contributed by atoms with Gasteiger partial charge in [0, 0.05) is 40.7 Å². The van der Waals surface area contributed by atoms with Crippen molar-refractivity contribution in [3.63, 3.8) is 0 Å². The Morgan fingerprint density at radius 3 is 2.30 bits per heavy atom. The number of methoxy groups -OCH3 is 3. The number of thioether (sulfide) groups is 1. The number of hydrogen-bond donors (Lipinski definition) is 3. The predicted octanol–water partition coefficient (Wildman–Crippen LogP) is 8.03. The summed E-state index contributed by atoms with van der Waals surface area (Å²) in [5.41, 5.74) is 4.01. The molecule has 294 valence electrons. The zero-order chi connectivity index (χ0) is 40.3. The van der Waals surface area contributed by atoms with Gasteiger partial charge < -0.3 is 30.2 Å². The van der Waals surface area contributed by atoms with Crippen LogP contribution in [0.25, 0.3) is 6.08 Å². The van der Waals surface area contributed by atoms with Crippen molar-refractivity contribution in [2.45, 2.75) is 43.0 Å². The summed E-state index contributed by atoms with van der Waals surface area (Å²) in [7, 11) is 4.40. The van der Waals surface area contributed by atoms with Gasteiger partial charge in [-0.25, -0.2) is 4.79 Å². The fourth-order valence-electron chi connectivity index (χ4n) is 6.42. The Morgan fingerprint density at radius 1 is 0.860 bits per heavy atom. The molecule has 0 spiro atoms. The van der Waals surface area contributed by atoms with E-state index in [9.17, 15) is 19.2 Å². The highest BCUT2D eigenvalue weighted by Gasteiger charge is 2.31. The summed E-state index contributed by atoms with van der Waals surface area (Å²) < 4.78 is 16.0. The maximum atomic E-state index is 13.8. The lowest BCUT2D eigenvalue weighted by Crippen LogP contribution is -2.30. The number of ether oxygens (including phenoxy) is 3. The van der Waals surface area contributed by atoms with E-state index in [1.54, 1.807) is 72.8 Å². The lowest BCUT2D eigenvalue weighted by atomic mass is 10.0. The quantitative estimate of drug-likeness (QED) is 0.0546. The highest BCUT2D eigenvalue weighted by atomic mass is 32.2. The van der Waals surface area contributed by atoms with Crippen molar-refractivity contribution < 1.29 is 33.4 Å². The molecule has 1 aliphatic heterocycles. The van der Waals surface area contributed by atoms with Crippen molar-refractivity contribution in [1.29, 1.82) is 0 Å². The smallest absolute Gasteiger partial charge is 0.341 e. The van der Waals surface area contributed by atoms with E-state index in [1.165, 1.54) is 50.0 Å². The summed E-state index contributed by atoms with van der Waals surface area (Å²) in [6, 6.07) is 31.2. The maximum Gasteiger partial charge on any atom is 0.341 e. The van der Waals surface area contributed by atoms with Crippen LogP contribution in [0.15, 0.2) is 114 Å². The van der Waals surface area contributed by atoms with Crippen LogP contribution in [0.1, 0.15) is 55.6 Å². The summed E-state index contributed by atoms with van der Waals surface area (Å²) in [5.74, 6) is -0.740. The molecule has 57 heavy (non-hydrogen) atoms. The zero-order valence-electron chi connectivity index (χ0n) is 32.1. The lowest BCUT2D eigenvalue weighted by molar-refractivity contribution is -0.116. The average molecular weight is 805 g/mol. The molecule has 5 aromatic rings. The number of anilines is 2. The molecule has 0 saturated carbocycles. The van der Waals surface area contributed by atoms with Crippen LogP contribution < -0.4 is 25.4 Å². The third-order valence-corrected chi connectivity index (χ3v) is 11.8. The van der Waals surface area contributed by atoms with E-state index in [1.807, 2.05) is 31.2 Å². The van der Waals surface area contributed by atoms with Crippen molar-refractivity contribution in [2.75, 3.05) is 38.5 Å². The number of benzene rings is 4. The summed E-state index contributed by atoms with van der Waals surface area (Å²) >= 11 is 2.77. The Labute approximate surface area is 340 Å². The van der Waals surface area contributed by atoms with E-state index in [0.717, 1.165) is 28.4 Å². The van der Waals surface area contributed by atoms with Crippen LogP contribution in [0, 0.1) is 0 Å². The van der Waals surface area contributed by atoms with Gasteiger partial charge in [-0.1, -0.05) is 67.6 Å². The van der Waals surface area contributed by atoms with Crippen LogP contribution in [0.5, 0.6) is 11.5 Å². The number of hydrogen-bond acceptors (Lipinski definition) is 10. The molecule has 1 aliphatic rings. The highest BCUT2D eigenvalue weighted by molar-refractivity contribution is 8.00. The monoisotopic (exact) mass is 804 g/mol. The van der Waals surface area contributed by atoms with Gasteiger partial charge in [-0.05, 0) is 78.1 Å². The molecule has 2 heterocycles. The SMILES string of the molecule is CCC(Sc1cccc(NC(=O)/C(=C\c2ccc(OC)c(OC)c2)NC(=O)c2ccccc2)c1)C(=O)Nc1sc2c(c1C(=O)OC)CCN(Cc1ccccc1)C2. The summed E-state index contributed by atoms with van der Waals surface area (Å²) in [6.45, 7) is 4.16. The van der Waals surface area contributed by atoms with Crippen LogP contribution in [-0.2, 0) is 33.8 Å². The average Bonchev–Trinajstić information content (AvgIpc) is 3.59. The summed E-state index contributed by atoms with van der Waals surface area (Å²) in [4.78, 5) is 58.0. The van der Waals surface area contributed by atoms with Gasteiger partial charge in [0.25, 0.3) is 11.8 Å². The number of esters is 1. The van der Waals surface area contributed by atoms with E-state index in [0.29, 0.717) is 58.3 Å². The molecule has 0 bridgehead atoms. The van der Waals surface area contributed by atoms with Gasteiger partial charge in [0.1, 0.15) is 10.7 Å². The molecule has 3 N–H and O–H groups in total. The molecule has 4 aromatic carbocycles. The Hall–Kier alpha value is -5.89. The van der Waals surface area contributed by atoms with Gasteiger partial charge in [0.15, 0.2) is 11.5 Å². The standard InChI is InChI=1S/C44H44N4O7S2/c1-5-37(42(51)47-43-39(44(52)55-4)33-21-22-48(27-38(33)57-43)26-28-13-8-6-9-14-28)56-32-18-12-17-31(25-32)45-41(50)34(46-40(49)30-15-10-7-11-16-30)23-29-19-20-35(53-2)36(24-29)54-3/h6-20,23-25,37H,5,21-22,26-27H2,1-4H3,(H,45,50)(H,46,49)(H,47,51)/b34-23+. The zero-order valence-corrected chi connectivity index (χ0v) is 33.8. The van der Waals surface area contributed by atoms with E-state index in [-0.39, 0.29) is 11.6 Å². The van der Waals surface area contributed by atoms with Crippen molar-refractivity contribution in [3.8, 4) is 11.5 Å². The molecule has 0 radical (unpaired) electrons. The Bertz CT molecular complexity index is 2260. The molecule has 0 saturated heterocycles. The number of thiophene rings is 1. The number of fused-ring (bicyclic) bond motifs is 1. The number of nitrogens with one attached hydrogen (secondary N) is 3. The summed E-state index contributed by atoms with van der Waals surface area (Å²) in [6.07, 6.45) is 2.73. The molecule has 13 heteroatoms. The molecule has 0 fully saturated rings. The molecule has 6 rings (SSSR count). The molecule has 3 amide bonds. The van der Waals surface area contributed by atoms with E-state index in [4.69, 9.17) is 14.2 Å². The van der Waals surface area contributed by atoms with Crippen LogP contribution in [-0.4, -0.2) is 61.7 Å². The van der Waals surface area contributed by atoms with Gasteiger partial charge in [-0.2, -0.15) is 0 Å². The first-order valence-corrected chi connectivity index (χ1v) is 20.1. The molecule has 1 aromatic heterocycles. The van der Waals surface area contributed by atoms with Crippen LogP contribution in [0.2, 0.25) is 0 Å². The Kier molecular flexibility index (Phi) is 13.8. The van der Waals surface area contributed by atoms with Gasteiger partial charge in [-0.15, -0.1) is 23.1 Å². The van der Waals surface area contributed by atoms with E-state index >= 15 is 0 Å². The second-order valence-electron chi connectivity index (χ2n) is 13.1. The number of carbonyl (C=O) groups excluding carboxylic acids is 4. The minimum Gasteiger partial charge on any atom is -0.493 e. The van der Waals surface area contributed by atoms with Crippen molar-refractivity contribution >= 4 is 63.6 Å². The number of rotatable bonds is 15. The number of nitrogens with zero attached hydrogens (tertiary/aromatic N) is 1. The molecular formula is C44H44N4O7S2. The predicted molar refractivity (Wildman–Crippen MR) is 225 cm³/mol. The second-order valence-corrected chi connectivity index (χ2v) is 15.5. The fraction of sp³-hybridized carbons (Fsp3) is 0.227. The number of carbonyl (C=O) groups is 4. The highest BCUT2D eigenvalue weighted by Crippen LogP contribution is 2.39. The van der Waals surface area contributed by atoms with Crippen molar-refractivity contribution in [1.82, 2.24) is 10.2 Å². The molecular weight excluding hydrogens is 761 g/mol. The normalized spacial score (nSPS) is 13.2. The van der Waals surface area contributed by atoms with Crippen molar-refractivity contribution in [2.24, 2.45) is 0 Å². The maximum absolute atomic E-state index is 13.8. The fourth-order valence-corrected chi connectivity index (χ4v) is 8.71. The van der Waals surface area contributed by atoms with Gasteiger partial charge >= 0.3 is 5.97 Å². The number of amides is 3. The molecule has 1 atom stereocenters. The lowest BCUT2D eigenvalue weighted by Gasteiger charge is -2.27. The van der Waals surface area contributed by atoms with Gasteiger partial charge in [0.05, 0.1) is 32.1 Å². The molecule has 1 unspecified atom stereocenters. The van der Waals surface area contributed by atoms with Crippen LogP contribution in [0.3, 0.4) is 0 Å². The van der Waals surface area contributed by atoms with Crippen LogP contribution in [0.4, 0.5) is 10.7 Å². The second kappa shape index (κ2) is 19.3. The third-order valence-electron chi connectivity index (χ3n) is 9.29. The van der Waals surface area contributed by atoms with E-state index < -0.39 is 23.0 Å². The molecule has 0 aliphatic carbocycles. The third kappa shape index (κ3) is 10.3. The molecule has 11 nitrogen and oxygen atoms in total. The first-order valence-electron chi connectivity index (χ1n) is 18.4. The van der Waals surface area contributed by atoms with Gasteiger partial charge in [-0.3, -0.25) is 19.3 Å². The first-order chi connectivity index (χ1) is 27.7. The Balaban J connectivity index is 1.17. The van der Waals surface area contributed by atoms with Crippen LogP contribution >= 0.6 is 23.1 Å². The minimum atomic E-state index is -0.555. The largest absolute Gasteiger partial charge is 0.493 e. The topological polar surface area (TPSA) is 135 Å². The van der Waals surface area contributed by atoms with Crippen molar-refractivity contribution in [3.05, 3.63) is 142 Å². The van der Waals surface area contributed by atoms with Gasteiger partial charge in [0.2, 0.25) is 5.91 Å². The minimum absolute atomic E-state index is 0.00295. The Morgan fingerprint density at radius 2 is 1.60 bits per heavy atom. The first kappa shape index (κ1) is 40.8.